The molecule has 0 spiro atoms. The lowest BCUT2D eigenvalue weighted by Gasteiger charge is -2.29. The van der Waals surface area contributed by atoms with Crippen molar-refractivity contribution in [3.8, 4) is 11.5 Å². The maximum Gasteiger partial charge on any atom is 0.248 e. The molecule has 2 saturated heterocycles. The summed E-state index contributed by atoms with van der Waals surface area (Å²) in [5.74, 6) is 1.91. The topological polar surface area (TPSA) is 67.9 Å². The monoisotopic (exact) mass is 348 g/mol. The molecule has 24 heavy (non-hydrogen) atoms. The molecule has 0 unspecified atom stereocenters. The van der Waals surface area contributed by atoms with Gasteiger partial charge in [0.15, 0.2) is 11.5 Å². The van der Waals surface area contributed by atoms with E-state index in [0.29, 0.717) is 42.6 Å². The van der Waals surface area contributed by atoms with E-state index >= 15 is 0 Å². The van der Waals surface area contributed by atoms with E-state index in [0.717, 1.165) is 12.8 Å². The van der Waals surface area contributed by atoms with Gasteiger partial charge in [0, 0.05) is 30.3 Å². The maximum atomic E-state index is 12.7. The number of fused-ring (bicyclic) bond motifs is 2. The molecule has 7 heteroatoms. The summed E-state index contributed by atoms with van der Waals surface area (Å²) in [5, 5.41) is 2.92. The zero-order valence-electron chi connectivity index (χ0n) is 13.5. The van der Waals surface area contributed by atoms with Crippen molar-refractivity contribution < 1.29 is 19.1 Å². The van der Waals surface area contributed by atoms with E-state index in [2.05, 4.69) is 5.32 Å². The first-order valence-electron chi connectivity index (χ1n) is 8.23. The van der Waals surface area contributed by atoms with Gasteiger partial charge >= 0.3 is 0 Å². The Hall–Kier alpha value is -1.89. The molecular weight excluding hydrogens is 328 g/mol. The van der Waals surface area contributed by atoms with Gasteiger partial charge in [-0.2, -0.15) is 0 Å². The molecule has 2 amide bonds. The van der Waals surface area contributed by atoms with Gasteiger partial charge in [-0.1, -0.05) is 0 Å². The molecule has 128 valence electrons. The van der Waals surface area contributed by atoms with Crippen molar-refractivity contribution in [2.75, 3.05) is 24.3 Å². The van der Waals surface area contributed by atoms with Crippen molar-refractivity contribution in [3.05, 3.63) is 18.2 Å². The predicted molar refractivity (Wildman–Crippen MR) is 91.4 cm³/mol. The number of rotatable bonds is 2. The minimum absolute atomic E-state index is 0.0707. The second-order valence-electron chi connectivity index (χ2n) is 6.47. The number of benzene rings is 1. The van der Waals surface area contributed by atoms with Gasteiger partial charge in [-0.25, -0.2) is 0 Å². The summed E-state index contributed by atoms with van der Waals surface area (Å²) in [6.45, 7) is 3.28. The highest BCUT2D eigenvalue weighted by atomic mass is 32.2. The minimum atomic E-state index is -0.411. The SMILES string of the molecule is C[C@]12CCC(=O)N1[C@H](C(=O)Nc1ccc3c(c1)OCCCO3)CS2. The molecule has 1 aromatic carbocycles. The summed E-state index contributed by atoms with van der Waals surface area (Å²) in [7, 11) is 0. The summed E-state index contributed by atoms with van der Waals surface area (Å²) in [5.41, 5.74) is 0.662. The standard InChI is InChI=1S/C17H20N2O4S/c1-17-6-5-15(20)19(17)12(10-24-17)16(21)18-11-3-4-13-14(9-11)23-8-2-7-22-13/h3-4,9,12H,2,5-8,10H2,1H3,(H,18,21)/t12-,17-/m0/s1. The van der Waals surface area contributed by atoms with E-state index in [-0.39, 0.29) is 16.7 Å². The third kappa shape index (κ3) is 2.60. The number of nitrogens with zero attached hydrogens (tertiary/aromatic N) is 1. The molecule has 4 rings (SSSR count). The molecule has 0 aromatic heterocycles. The Balaban J connectivity index is 1.50. The number of carbonyl (C=O) groups excluding carboxylic acids is 2. The van der Waals surface area contributed by atoms with E-state index in [1.807, 2.05) is 13.0 Å². The second kappa shape index (κ2) is 5.88. The van der Waals surface area contributed by atoms with Crippen molar-refractivity contribution in [2.45, 2.75) is 37.1 Å². The first kappa shape index (κ1) is 15.6. The number of amides is 2. The Morgan fingerprint density at radius 2 is 2.12 bits per heavy atom. The lowest BCUT2D eigenvalue weighted by molar-refractivity contribution is -0.135. The zero-order chi connectivity index (χ0) is 16.7. The molecule has 2 fully saturated rings. The summed E-state index contributed by atoms with van der Waals surface area (Å²) in [4.78, 5) is 26.4. The lowest BCUT2D eigenvalue weighted by Crippen LogP contribution is -2.48. The Kier molecular flexibility index (Phi) is 3.83. The van der Waals surface area contributed by atoms with Gasteiger partial charge < -0.3 is 19.7 Å². The van der Waals surface area contributed by atoms with E-state index in [4.69, 9.17) is 9.47 Å². The van der Waals surface area contributed by atoms with Gasteiger partial charge in [0.1, 0.15) is 6.04 Å². The third-order valence-corrected chi connectivity index (χ3v) is 6.27. The molecule has 1 N–H and O–H groups in total. The number of carbonyl (C=O) groups is 2. The molecular formula is C17H20N2O4S. The Morgan fingerprint density at radius 1 is 1.33 bits per heavy atom. The summed E-state index contributed by atoms with van der Waals surface area (Å²) < 4.78 is 11.3. The smallest absolute Gasteiger partial charge is 0.248 e. The Morgan fingerprint density at radius 3 is 2.96 bits per heavy atom. The van der Waals surface area contributed by atoms with Crippen LogP contribution in [0, 0.1) is 0 Å². The van der Waals surface area contributed by atoms with Crippen LogP contribution >= 0.6 is 11.8 Å². The maximum absolute atomic E-state index is 12.7. The van der Waals surface area contributed by atoms with Crippen molar-refractivity contribution in [1.29, 1.82) is 0 Å². The second-order valence-corrected chi connectivity index (χ2v) is 7.97. The largest absolute Gasteiger partial charge is 0.490 e. The summed E-state index contributed by atoms with van der Waals surface area (Å²) in [6, 6.07) is 4.99. The number of hydrogen-bond donors (Lipinski definition) is 1. The van der Waals surface area contributed by atoms with Crippen molar-refractivity contribution in [3.63, 3.8) is 0 Å². The van der Waals surface area contributed by atoms with Crippen LogP contribution in [0.5, 0.6) is 11.5 Å². The fourth-order valence-corrected chi connectivity index (χ4v) is 4.91. The highest BCUT2D eigenvalue weighted by molar-refractivity contribution is 8.01. The molecule has 3 heterocycles. The van der Waals surface area contributed by atoms with Crippen molar-refractivity contribution in [2.24, 2.45) is 0 Å². The van der Waals surface area contributed by atoms with Crippen LogP contribution in [0.25, 0.3) is 0 Å². The molecule has 3 aliphatic rings. The van der Waals surface area contributed by atoms with Crippen LogP contribution in [0.15, 0.2) is 18.2 Å². The highest BCUT2D eigenvalue weighted by Crippen LogP contribution is 2.47. The number of thioether (sulfide) groups is 1. The van der Waals surface area contributed by atoms with Gasteiger partial charge in [-0.15, -0.1) is 11.8 Å². The quantitative estimate of drug-likeness (QED) is 0.888. The van der Waals surface area contributed by atoms with Crippen LogP contribution in [-0.4, -0.2) is 46.6 Å². The van der Waals surface area contributed by atoms with Gasteiger partial charge in [-0.3, -0.25) is 9.59 Å². The van der Waals surface area contributed by atoms with Crippen LogP contribution in [0.1, 0.15) is 26.2 Å². The van der Waals surface area contributed by atoms with Gasteiger partial charge in [0.25, 0.3) is 0 Å². The number of nitrogens with one attached hydrogen (secondary N) is 1. The first-order valence-corrected chi connectivity index (χ1v) is 9.22. The average molecular weight is 348 g/mol. The lowest BCUT2D eigenvalue weighted by atomic mass is 10.2. The third-order valence-electron chi connectivity index (χ3n) is 4.76. The molecule has 0 saturated carbocycles. The van der Waals surface area contributed by atoms with Crippen LogP contribution in [0.2, 0.25) is 0 Å². The Labute approximate surface area is 144 Å². The molecule has 0 aliphatic carbocycles. The van der Waals surface area contributed by atoms with E-state index in [1.165, 1.54) is 0 Å². The van der Waals surface area contributed by atoms with Crippen molar-refractivity contribution in [1.82, 2.24) is 4.90 Å². The molecule has 1 aromatic rings. The molecule has 2 atom stereocenters. The van der Waals surface area contributed by atoms with Gasteiger partial charge in [-0.05, 0) is 25.5 Å². The summed E-state index contributed by atoms with van der Waals surface area (Å²) in [6.07, 6.45) is 2.17. The van der Waals surface area contributed by atoms with Crippen molar-refractivity contribution >= 4 is 29.3 Å². The molecule has 0 bridgehead atoms. The van der Waals surface area contributed by atoms with Gasteiger partial charge in [0.2, 0.25) is 11.8 Å². The number of anilines is 1. The Bertz CT molecular complexity index is 695. The normalized spacial score (nSPS) is 28.5. The molecule has 6 nitrogen and oxygen atoms in total. The molecule has 0 radical (unpaired) electrons. The van der Waals surface area contributed by atoms with Crippen LogP contribution < -0.4 is 14.8 Å². The number of hydrogen-bond acceptors (Lipinski definition) is 5. The average Bonchev–Trinajstić information content (AvgIpc) is 2.93. The first-order chi connectivity index (χ1) is 11.6. The minimum Gasteiger partial charge on any atom is -0.490 e. The van der Waals surface area contributed by atoms with Crippen LogP contribution in [0.3, 0.4) is 0 Å². The van der Waals surface area contributed by atoms with Gasteiger partial charge in [0.05, 0.1) is 18.1 Å². The van der Waals surface area contributed by atoms with E-state index in [1.54, 1.807) is 28.8 Å². The molecule has 3 aliphatic heterocycles. The number of ether oxygens (including phenoxy) is 2. The van der Waals surface area contributed by atoms with Crippen LogP contribution in [0.4, 0.5) is 5.69 Å². The predicted octanol–water partition coefficient (Wildman–Crippen LogP) is 2.24. The van der Waals surface area contributed by atoms with Crippen LogP contribution in [-0.2, 0) is 9.59 Å². The highest BCUT2D eigenvalue weighted by Gasteiger charge is 2.52. The summed E-state index contributed by atoms with van der Waals surface area (Å²) >= 11 is 1.69. The fourth-order valence-electron chi connectivity index (χ4n) is 3.48. The van der Waals surface area contributed by atoms with E-state index in [9.17, 15) is 9.59 Å². The zero-order valence-corrected chi connectivity index (χ0v) is 14.4. The fraction of sp³-hybridized carbons (Fsp3) is 0.529. The van der Waals surface area contributed by atoms with E-state index < -0.39 is 6.04 Å².